The predicted molar refractivity (Wildman–Crippen MR) is 106 cm³/mol. The van der Waals surface area contributed by atoms with Gasteiger partial charge in [0.2, 0.25) is 15.9 Å². The molecule has 0 N–H and O–H groups in total. The van der Waals surface area contributed by atoms with E-state index in [0.717, 1.165) is 5.56 Å². The van der Waals surface area contributed by atoms with Gasteiger partial charge < -0.3 is 4.90 Å². The molecule has 1 spiro atoms. The number of hydrogen-bond acceptors (Lipinski definition) is 3. The lowest BCUT2D eigenvalue weighted by Gasteiger charge is -2.58. The number of amides is 1. The first-order valence-electron chi connectivity index (χ1n) is 9.51. The number of carbonyl (C=O) groups is 1. The maximum atomic E-state index is 13.8. The van der Waals surface area contributed by atoms with Gasteiger partial charge in [0, 0.05) is 18.8 Å². The second kappa shape index (κ2) is 6.97. The Bertz CT molecular complexity index is 986. The Labute approximate surface area is 164 Å². The van der Waals surface area contributed by atoms with Crippen LogP contribution in [0.4, 0.5) is 10.1 Å². The Kier molecular flexibility index (Phi) is 4.75. The molecule has 0 saturated carbocycles. The molecule has 2 aliphatic rings. The highest BCUT2D eigenvalue weighted by Crippen LogP contribution is 2.57. The van der Waals surface area contributed by atoms with Crippen LogP contribution in [0.3, 0.4) is 0 Å². The van der Waals surface area contributed by atoms with E-state index in [2.05, 4.69) is 0 Å². The van der Waals surface area contributed by atoms with Crippen LogP contribution < -0.4 is 4.90 Å². The average molecular weight is 402 g/mol. The van der Waals surface area contributed by atoms with Gasteiger partial charge in [-0.1, -0.05) is 36.4 Å². The monoisotopic (exact) mass is 402 g/mol. The van der Waals surface area contributed by atoms with Gasteiger partial charge in [0.1, 0.15) is 5.82 Å². The van der Waals surface area contributed by atoms with Gasteiger partial charge in [-0.15, -0.1) is 0 Å². The number of benzene rings is 2. The van der Waals surface area contributed by atoms with E-state index in [1.807, 2.05) is 30.3 Å². The Morgan fingerprint density at radius 2 is 1.75 bits per heavy atom. The van der Waals surface area contributed by atoms with E-state index in [9.17, 15) is 17.6 Å². The number of anilines is 1. The standard InChI is InChI=1S/C21H23FN2O3S/c1-2-28(26,27)23-13-11-21(12-14-23)19(16-7-4-3-5-8-16)24(20(21)25)18-10-6-9-17(22)15-18/h3-10,15,19H,2,11-14H2,1H3. The van der Waals surface area contributed by atoms with Crippen LogP contribution in [0.5, 0.6) is 0 Å². The van der Waals surface area contributed by atoms with E-state index in [-0.39, 0.29) is 23.5 Å². The van der Waals surface area contributed by atoms with Gasteiger partial charge in [0.05, 0.1) is 17.2 Å². The highest BCUT2D eigenvalue weighted by Gasteiger charge is 2.62. The Hall–Kier alpha value is -2.25. The third-order valence-electron chi connectivity index (χ3n) is 6.00. The summed E-state index contributed by atoms with van der Waals surface area (Å²) in [5, 5.41) is 0. The summed E-state index contributed by atoms with van der Waals surface area (Å²) in [7, 11) is -3.27. The number of piperidine rings is 1. The van der Waals surface area contributed by atoms with Crippen molar-refractivity contribution >= 4 is 21.6 Å². The number of hydrogen-bond donors (Lipinski definition) is 0. The minimum absolute atomic E-state index is 0.0551. The van der Waals surface area contributed by atoms with Crippen molar-refractivity contribution < 1.29 is 17.6 Å². The molecule has 0 aromatic heterocycles. The Balaban J connectivity index is 1.69. The molecule has 7 heteroatoms. The SMILES string of the molecule is CCS(=O)(=O)N1CCC2(CC1)C(=O)N(c1cccc(F)c1)C2c1ccccc1. The van der Waals surface area contributed by atoms with Crippen LogP contribution in [-0.4, -0.2) is 37.5 Å². The molecule has 2 heterocycles. The molecule has 1 unspecified atom stereocenters. The maximum Gasteiger partial charge on any atom is 0.236 e. The third-order valence-corrected chi connectivity index (χ3v) is 7.88. The first kappa shape index (κ1) is 19.1. The lowest BCUT2D eigenvalue weighted by Crippen LogP contribution is -2.67. The van der Waals surface area contributed by atoms with Crippen LogP contribution in [0.2, 0.25) is 0 Å². The smallest absolute Gasteiger partial charge is 0.236 e. The molecule has 0 aliphatic carbocycles. The van der Waals surface area contributed by atoms with Crippen LogP contribution in [0.15, 0.2) is 54.6 Å². The fourth-order valence-electron chi connectivity index (χ4n) is 4.48. The molecule has 2 aromatic rings. The zero-order valence-corrected chi connectivity index (χ0v) is 16.5. The molecule has 0 bridgehead atoms. The summed E-state index contributed by atoms with van der Waals surface area (Å²) >= 11 is 0. The summed E-state index contributed by atoms with van der Waals surface area (Å²) in [5.74, 6) is -0.381. The van der Waals surface area contributed by atoms with Crippen molar-refractivity contribution in [1.29, 1.82) is 0 Å². The van der Waals surface area contributed by atoms with Crippen molar-refractivity contribution in [2.24, 2.45) is 5.41 Å². The summed E-state index contributed by atoms with van der Waals surface area (Å²) in [4.78, 5) is 15.0. The first-order valence-corrected chi connectivity index (χ1v) is 11.1. The molecule has 2 saturated heterocycles. The summed E-state index contributed by atoms with van der Waals surface area (Å²) in [6.07, 6.45) is 0.937. The van der Waals surface area contributed by atoms with Gasteiger partial charge in [-0.3, -0.25) is 4.79 Å². The van der Waals surface area contributed by atoms with Crippen molar-refractivity contribution in [3.05, 3.63) is 66.0 Å². The summed E-state index contributed by atoms with van der Waals surface area (Å²) in [5.41, 5.74) is 0.874. The van der Waals surface area contributed by atoms with E-state index >= 15 is 0 Å². The van der Waals surface area contributed by atoms with E-state index < -0.39 is 15.4 Å². The predicted octanol–water partition coefficient (Wildman–Crippen LogP) is 3.35. The largest absolute Gasteiger partial charge is 0.303 e. The lowest BCUT2D eigenvalue weighted by molar-refractivity contribution is -0.143. The highest BCUT2D eigenvalue weighted by molar-refractivity contribution is 7.89. The van der Waals surface area contributed by atoms with Crippen molar-refractivity contribution in [2.45, 2.75) is 25.8 Å². The van der Waals surface area contributed by atoms with Gasteiger partial charge in [-0.2, -0.15) is 0 Å². The van der Waals surface area contributed by atoms with Crippen LogP contribution in [0.25, 0.3) is 0 Å². The number of halogens is 1. The van der Waals surface area contributed by atoms with Crippen molar-refractivity contribution in [3.8, 4) is 0 Å². The molecular weight excluding hydrogens is 379 g/mol. The number of β-lactam (4-membered cyclic amide) rings is 1. The molecule has 28 heavy (non-hydrogen) atoms. The number of nitrogens with zero attached hydrogens (tertiary/aromatic N) is 2. The second-order valence-corrected chi connectivity index (χ2v) is 9.68. The number of carbonyl (C=O) groups excluding carboxylic acids is 1. The number of sulfonamides is 1. The van der Waals surface area contributed by atoms with Crippen LogP contribution >= 0.6 is 0 Å². The van der Waals surface area contributed by atoms with E-state index in [0.29, 0.717) is 31.6 Å². The lowest BCUT2D eigenvalue weighted by atomic mass is 9.62. The molecule has 1 atom stereocenters. The molecular formula is C21H23FN2O3S. The molecule has 148 valence electrons. The van der Waals surface area contributed by atoms with Gasteiger partial charge >= 0.3 is 0 Å². The molecule has 2 aromatic carbocycles. The molecule has 4 rings (SSSR count). The van der Waals surface area contributed by atoms with Gasteiger partial charge in [0.15, 0.2) is 0 Å². The maximum absolute atomic E-state index is 13.8. The van der Waals surface area contributed by atoms with Crippen molar-refractivity contribution in [2.75, 3.05) is 23.7 Å². The van der Waals surface area contributed by atoms with Gasteiger partial charge in [-0.25, -0.2) is 17.1 Å². The summed E-state index contributed by atoms with van der Waals surface area (Å²) in [6, 6.07) is 15.5. The molecule has 1 amide bonds. The normalized spacial score (nSPS) is 22.3. The molecule has 2 aliphatic heterocycles. The fourth-order valence-corrected chi connectivity index (χ4v) is 5.59. The summed E-state index contributed by atoms with van der Waals surface area (Å²) < 4.78 is 39.7. The first-order chi connectivity index (χ1) is 13.4. The van der Waals surface area contributed by atoms with E-state index in [1.165, 1.54) is 16.4 Å². The minimum atomic E-state index is -3.27. The summed E-state index contributed by atoms with van der Waals surface area (Å²) in [6.45, 7) is 2.30. The minimum Gasteiger partial charge on any atom is -0.303 e. The fraction of sp³-hybridized carbons (Fsp3) is 0.381. The highest BCUT2D eigenvalue weighted by atomic mass is 32.2. The Morgan fingerprint density at radius 1 is 1.07 bits per heavy atom. The quantitative estimate of drug-likeness (QED) is 0.737. The molecule has 0 radical (unpaired) electrons. The average Bonchev–Trinajstić information content (AvgIpc) is 2.72. The zero-order chi connectivity index (χ0) is 19.9. The topological polar surface area (TPSA) is 57.7 Å². The van der Waals surface area contributed by atoms with Crippen molar-refractivity contribution in [1.82, 2.24) is 4.31 Å². The van der Waals surface area contributed by atoms with Crippen LogP contribution in [-0.2, 0) is 14.8 Å². The molecule has 2 fully saturated rings. The van der Waals surface area contributed by atoms with E-state index in [1.54, 1.807) is 24.0 Å². The van der Waals surface area contributed by atoms with E-state index in [4.69, 9.17) is 0 Å². The second-order valence-electron chi connectivity index (χ2n) is 7.42. The van der Waals surface area contributed by atoms with Crippen LogP contribution in [0.1, 0.15) is 31.4 Å². The van der Waals surface area contributed by atoms with Gasteiger partial charge in [0.25, 0.3) is 0 Å². The Morgan fingerprint density at radius 3 is 2.36 bits per heavy atom. The number of rotatable bonds is 4. The zero-order valence-electron chi connectivity index (χ0n) is 15.7. The van der Waals surface area contributed by atoms with Gasteiger partial charge in [-0.05, 0) is 43.5 Å². The van der Waals surface area contributed by atoms with Crippen LogP contribution in [0, 0.1) is 11.2 Å². The molecule has 5 nitrogen and oxygen atoms in total. The third kappa shape index (κ3) is 2.93. The van der Waals surface area contributed by atoms with Crippen molar-refractivity contribution in [3.63, 3.8) is 0 Å².